The number of carbonyl (C=O) groups excluding carboxylic acids is 1. The van der Waals surface area contributed by atoms with Gasteiger partial charge >= 0.3 is 0 Å². The van der Waals surface area contributed by atoms with E-state index in [1.165, 1.54) is 19.3 Å². The lowest BCUT2D eigenvalue weighted by Gasteiger charge is -2.38. The van der Waals surface area contributed by atoms with Gasteiger partial charge in [0.2, 0.25) is 5.91 Å². The molecule has 0 unspecified atom stereocenters. The van der Waals surface area contributed by atoms with Gasteiger partial charge in [-0.25, -0.2) is 0 Å². The first-order valence-corrected chi connectivity index (χ1v) is 8.46. The van der Waals surface area contributed by atoms with Crippen molar-refractivity contribution in [1.29, 1.82) is 0 Å². The summed E-state index contributed by atoms with van der Waals surface area (Å²) < 4.78 is 1.96. The quantitative estimate of drug-likeness (QED) is 0.862. The predicted molar refractivity (Wildman–Crippen MR) is 82.5 cm³/mol. The summed E-state index contributed by atoms with van der Waals surface area (Å²) in [5.74, 6) is 0.331. The van der Waals surface area contributed by atoms with Crippen molar-refractivity contribution in [2.75, 3.05) is 18.5 Å². The lowest BCUT2D eigenvalue weighted by Crippen LogP contribution is -2.44. The standard InChI is InChI=1S/C16H24N4O2/c21-10-15-6-14(9-19(15)13-2-1-3-13)20-8-12(7-17-20)18-16(22)11-4-5-11/h7-8,11,13-15,21H,1-6,9-10H2,(H,18,22)/t14-,15-/m0/s1. The molecule has 3 fully saturated rings. The van der Waals surface area contributed by atoms with Gasteiger partial charge in [-0.1, -0.05) is 6.42 Å². The van der Waals surface area contributed by atoms with E-state index in [0.29, 0.717) is 12.1 Å². The number of nitrogens with one attached hydrogen (secondary N) is 1. The molecule has 1 aliphatic heterocycles. The number of carbonyl (C=O) groups is 1. The average molecular weight is 304 g/mol. The second-order valence-corrected chi connectivity index (χ2v) is 6.98. The van der Waals surface area contributed by atoms with Crippen molar-refractivity contribution < 1.29 is 9.90 Å². The van der Waals surface area contributed by atoms with E-state index < -0.39 is 0 Å². The summed E-state index contributed by atoms with van der Waals surface area (Å²) in [6.45, 7) is 1.17. The molecule has 6 heteroatoms. The third-order valence-corrected chi connectivity index (χ3v) is 5.38. The zero-order valence-electron chi connectivity index (χ0n) is 12.8. The minimum absolute atomic E-state index is 0.121. The number of hydrogen-bond acceptors (Lipinski definition) is 4. The van der Waals surface area contributed by atoms with E-state index in [4.69, 9.17) is 0 Å². The van der Waals surface area contributed by atoms with Crippen molar-refractivity contribution in [3.63, 3.8) is 0 Å². The van der Waals surface area contributed by atoms with Crippen LogP contribution in [0.2, 0.25) is 0 Å². The van der Waals surface area contributed by atoms with Crippen molar-refractivity contribution >= 4 is 11.6 Å². The van der Waals surface area contributed by atoms with Gasteiger partial charge < -0.3 is 10.4 Å². The molecule has 120 valence electrons. The third kappa shape index (κ3) is 2.65. The summed E-state index contributed by atoms with van der Waals surface area (Å²) in [5.41, 5.74) is 0.791. The lowest BCUT2D eigenvalue weighted by molar-refractivity contribution is -0.117. The minimum Gasteiger partial charge on any atom is -0.395 e. The van der Waals surface area contributed by atoms with Gasteiger partial charge in [-0.15, -0.1) is 0 Å². The molecule has 2 atom stereocenters. The van der Waals surface area contributed by atoms with E-state index in [1.807, 2.05) is 10.9 Å². The fraction of sp³-hybridized carbons (Fsp3) is 0.750. The molecule has 2 heterocycles. The Hall–Kier alpha value is -1.40. The van der Waals surface area contributed by atoms with Crippen LogP contribution in [0.5, 0.6) is 0 Å². The van der Waals surface area contributed by atoms with Gasteiger partial charge in [0.1, 0.15) is 0 Å². The number of likely N-dealkylation sites (tertiary alicyclic amines) is 1. The van der Waals surface area contributed by atoms with E-state index in [1.54, 1.807) is 6.20 Å². The normalized spacial score (nSPS) is 29.5. The fourth-order valence-corrected chi connectivity index (χ4v) is 3.65. The second kappa shape index (κ2) is 5.66. The molecule has 0 bridgehead atoms. The molecule has 6 nitrogen and oxygen atoms in total. The number of rotatable bonds is 5. The molecule has 1 aromatic heterocycles. The van der Waals surface area contributed by atoms with Gasteiger partial charge in [0, 0.05) is 30.7 Å². The number of anilines is 1. The molecule has 1 aromatic rings. The average Bonchev–Trinajstić information content (AvgIpc) is 3.08. The number of aliphatic hydroxyl groups excluding tert-OH is 1. The molecule has 2 saturated carbocycles. The zero-order valence-corrected chi connectivity index (χ0v) is 12.8. The summed E-state index contributed by atoms with van der Waals surface area (Å²) in [4.78, 5) is 14.3. The maximum Gasteiger partial charge on any atom is 0.227 e. The summed E-state index contributed by atoms with van der Waals surface area (Å²) in [5, 5.41) is 17.0. The number of aromatic nitrogens is 2. The highest BCUT2D eigenvalue weighted by Gasteiger charge is 2.39. The van der Waals surface area contributed by atoms with E-state index in [0.717, 1.165) is 31.5 Å². The van der Waals surface area contributed by atoms with Crippen LogP contribution in [0.3, 0.4) is 0 Å². The highest BCUT2D eigenvalue weighted by Crippen LogP contribution is 2.35. The predicted octanol–water partition coefficient (Wildman–Crippen LogP) is 1.39. The lowest BCUT2D eigenvalue weighted by atomic mass is 9.91. The number of amides is 1. The molecule has 3 aliphatic rings. The van der Waals surface area contributed by atoms with Crippen molar-refractivity contribution in [2.45, 2.75) is 56.7 Å². The Balaban J connectivity index is 1.41. The Labute approximate surface area is 130 Å². The first kappa shape index (κ1) is 14.2. The van der Waals surface area contributed by atoms with Gasteiger partial charge in [0.05, 0.1) is 24.5 Å². The van der Waals surface area contributed by atoms with Gasteiger partial charge in [-0.3, -0.25) is 14.4 Å². The first-order chi connectivity index (χ1) is 10.7. The molecule has 0 aromatic carbocycles. The summed E-state index contributed by atoms with van der Waals surface area (Å²) in [6, 6.07) is 1.19. The number of hydrogen-bond donors (Lipinski definition) is 2. The molecule has 1 saturated heterocycles. The minimum atomic E-state index is 0.121. The van der Waals surface area contributed by atoms with Crippen molar-refractivity contribution in [3.8, 4) is 0 Å². The highest BCUT2D eigenvalue weighted by atomic mass is 16.3. The maximum absolute atomic E-state index is 11.8. The molecule has 0 spiro atoms. The van der Waals surface area contributed by atoms with Crippen LogP contribution in [0, 0.1) is 5.92 Å². The third-order valence-electron chi connectivity index (χ3n) is 5.38. The topological polar surface area (TPSA) is 70.4 Å². The maximum atomic E-state index is 11.8. The first-order valence-electron chi connectivity index (χ1n) is 8.46. The molecular weight excluding hydrogens is 280 g/mol. The zero-order chi connectivity index (χ0) is 15.1. The van der Waals surface area contributed by atoms with E-state index in [-0.39, 0.29) is 24.5 Å². The van der Waals surface area contributed by atoms with Crippen LogP contribution in [0.1, 0.15) is 44.6 Å². The number of nitrogens with zero attached hydrogens (tertiary/aromatic N) is 3. The molecule has 4 rings (SSSR count). The summed E-state index contributed by atoms with van der Waals surface area (Å²) in [6.07, 6.45) is 10.4. The fourth-order valence-electron chi connectivity index (χ4n) is 3.65. The highest BCUT2D eigenvalue weighted by molar-refractivity contribution is 5.93. The van der Waals surface area contributed by atoms with Crippen LogP contribution >= 0.6 is 0 Å². The van der Waals surface area contributed by atoms with Gasteiger partial charge in [0.15, 0.2) is 0 Å². The van der Waals surface area contributed by atoms with Gasteiger partial charge in [-0.2, -0.15) is 5.10 Å². The van der Waals surface area contributed by atoms with Crippen LogP contribution in [0.4, 0.5) is 5.69 Å². The monoisotopic (exact) mass is 304 g/mol. The van der Waals surface area contributed by atoms with Gasteiger partial charge in [-0.05, 0) is 32.1 Å². The van der Waals surface area contributed by atoms with Crippen LogP contribution in [0.15, 0.2) is 12.4 Å². The van der Waals surface area contributed by atoms with E-state index in [2.05, 4.69) is 15.3 Å². The van der Waals surface area contributed by atoms with Crippen LogP contribution in [0.25, 0.3) is 0 Å². The Morgan fingerprint density at radius 2 is 2.14 bits per heavy atom. The molecule has 1 amide bonds. The van der Waals surface area contributed by atoms with Crippen LogP contribution in [-0.4, -0.2) is 50.9 Å². The molecule has 2 N–H and O–H groups in total. The molecule has 0 radical (unpaired) electrons. The summed E-state index contributed by atoms with van der Waals surface area (Å²) >= 11 is 0. The molecular formula is C16H24N4O2. The van der Waals surface area contributed by atoms with Crippen LogP contribution in [-0.2, 0) is 4.79 Å². The Kier molecular flexibility index (Phi) is 3.66. The van der Waals surface area contributed by atoms with E-state index in [9.17, 15) is 9.90 Å². The Bertz CT molecular complexity index is 550. The van der Waals surface area contributed by atoms with Crippen molar-refractivity contribution in [2.24, 2.45) is 5.92 Å². The van der Waals surface area contributed by atoms with Gasteiger partial charge in [0.25, 0.3) is 0 Å². The van der Waals surface area contributed by atoms with E-state index >= 15 is 0 Å². The SMILES string of the molecule is O=C(Nc1cnn([C@H]2C[C@@H](CO)N(C3CCC3)C2)c1)C1CC1. The molecule has 22 heavy (non-hydrogen) atoms. The second-order valence-electron chi connectivity index (χ2n) is 6.98. The largest absolute Gasteiger partial charge is 0.395 e. The Morgan fingerprint density at radius 1 is 1.32 bits per heavy atom. The van der Waals surface area contributed by atoms with Crippen molar-refractivity contribution in [1.82, 2.24) is 14.7 Å². The smallest absolute Gasteiger partial charge is 0.227 e. The summed E-state index contributed by atoms with van der Waals surface area (Å²) in [7, 11) is 0. The number of aliphatic hydroxyl groups is 1. The molecule has 2 aliphatic carbocycles. The van der Waals surface area contributed by atoms with Crippen molar-refractivity contribution in [3.05, 3.63) is 12.4 Å². The van der Waals surface area contributed by atoms with Crippen LogP contribution < -0.4 is 5.32 Å². The Morgan fingerprint density at radius 3 is 2.77 bits per heavy atom.